The summed E-state index contributed by atoms with van der Waals surface area (Å²) in [5, 5.41) is 5.75. The van der Waals surface area contributed by atoms with Gasteiger partial charge in [0.15, 0.2) is 5.69 Å². The van der Waals surface area contributed by atoms with E-state index in [1.54, 1.807) is 13.8 Å². The van der Waals surface area contributed by atoms with Gasteiger partial charge >= 0.3 is 6.18 Å². The molecule has 2 atom stereocenters. The van der Waals surface area contributed by atoms with Crippen LogP contribution >= 0.6 is 0 Å². The summed E-state index contributed by atoms with van der Waals surface area (Å²) in [4.78, 5) is 26.3. The maximum absolute atomic E-state index is 13.3. The number of alkyl halides is 3. The fraction of sp³-hybridized carbons (Fsp3) is 0.389. The average Bonchev–Trinajstić information content (AvgIpc) is 3.14. The number of aromatic nitrogens is 1. The molecule has 1 aromatic heterocycles. The van der Waals surface area contributed by atoms with Crippen molar-refractivity contribution in [1.29, 1.82) is 0 Å². The number of nitrogens with one attached hydrogen (secondary N) is 1. The summed E-state index contributed by atoms with van der Waals surface area (Å²) in [6, 6.07) is 4.02. The predicted octanol–water partition coefficient (Wildman–Crippen LogP) is 3.20. The molecule has 0 radical (unpaired) electrons. The Kier molecular flexibility index (Phi) is 5.41. The van der Waals surface area contributed by atoms with Crippen LogP contribution in [0.2, 0.25) is 0 Å². The Morgan fingerprint density at radius 1 is 1.18 bits per heavy atom. The van der Waals surface area contributed by atoms with E-state index in [2.05, 4.69) is 15.0 Å². The van der Waals surface area contributed by atoms with E-state index in [-0.39, 0.29) is 42.2 Å². The van der Waals surface area contributed by atoms with E-state index in [1.165, 1.54) is 17.0 Å². The highest BCUT2D eigenvalue weighted by Gasteiger charge is 2.33. The number of ether oxygens (including phenoxy) is 1. The zero-order chi connectivity index (χ0) is 20.5. The van der Waals surface area contributed by atoms with Gasteiger partial charge in [-0.25, -0.2) is 0 Å². The lowest BCUT2D eigenvalue weighted by Gasteiger charge is -2.35. The third-order valence-electron chi connectivity index (χ3n) is 4.14. The van der Waals surface area contributed by atoms with Gasteiger partial charge in [0.2, 0.25) is 0 Å². The zero-order valence-corrected chi connectivity index (χ0v) is 15.1. The number of morpholine rings is 1. The molecular formula is C18H18F3N3O4. The van der Waals surface area contributed by atoms with Crippen LogP contribution in [0, 0.1) is 0 Å². The molecule has 2 aromatic rings. The highest BCUT2D eigenvalue weighted by atomic mass is 19.4. The number of benzene rings is 1. The van der Waals surface area contributed by atoms with Crippen LogP contribution in [0.5, 0.6) is 0 Å². The van der Waals surface area contributed by atoms with Crippen LogP contribution in [0.15, 0.2) is 35.1 Å². The molecule has 1 aliphatic heterocycles. The van der Waals surface area contributed by atoms with E-state index >= 15 is 0 Å². The van der Waals surface area contributed by atoms with E-state index in [4.69, 9.17) is 4.74 Å². The zero-order valence-electron chi connectivity index (χ0n) is 15.1. The molecule has 0 aliphatic carbocycles. The largest absolute Gasteiger partial charge is 0.416 e. The molecule has 150 valence electrons. The third-order valence-corrected chi connectivity index (χ3v) is 4.14. The number of carbonyl (C=O) groups is 2. The van der Waals surface area contributed by atoms with E-state index in [9.17, 15) is 22.8 Å². The van der Waals surface area contributed by atoms with Crippen LogP contribution < -0.4 is 5.32 Å². The number of halogens is 3. The van der Waals surface area contributed by atoms with Crippen LogP contribution in [0.1, 0.15) is 40.3 Å². The first-order valence-corrected chi connectivity index (χ1v) is 8.52. The minimum Gasteiger partial charge on any atom is -0.372 e. The van der Waals surface area contributed by atoms with Crippen LogP contribution in [0.3, 0.4) is 0 Å². The highest BCUT2D eigenvalue weighted by Crippen LogP contribution is 2.32. The molecule has 1 fully saturated rings. The van der Waals surface area contributed by atoms with Gasteiger partial charge in [0.1, 0.15) is 6.26 Å². The SMILES string of the molecule is C[C@@H]1CN(C(=O)c2cc(NC(=O)c3ccon3)cc(C(F)(F)F)c2)C[C@H](C)O1. The van der Waals surface area contributed by atoms with Gasteiger partial charge in [-0.3, -0.25) is 9.59 Å². The molecule has 3 rings (SSSR count). The van der Waals surface area contributed by atoms with Gasteiger partial charge in [-0.05, 0) is 32.0 Å². The molecule has 1 aliphatic rings. The summed E-state index contributed by atoms with van der Waals surface area (Å²) in [7, 11) is 0. The first-order chi connectivity index (χ1) is 13.1. The van der Waals surface area contributed by atoms with Crippen molar-refractivity contribution < 1.29 is 32.0 Å². The lowest BCUT2D eigenvalue weighted by atomic mass is 10.1. The summed E-state index contributed by atoms with van der Waals surface area (Å²) in [6.45, 7) is 4.09. The van der Waals surface area contributed by atoms with Crippen molar-refractivity contribution in [3.05, 3.63) is 47.3 Å². The van der Waals surface area contributed by atoms with Gasteiger partial charge < -0.3 is 19.5 Å². The number of hydrogen-bond donors (Lipinski definition) is 1. The lowest BCUT2D eigenvalue weighted by molar-refractivity contribution is -0.137. The van der Waals surface area contributed by atoms with E-state index < -0.39 is 23.6 Å². The summed E-state index contributed by atoms with van der Waals surface area (Å²) in [5.41, 5.74) is -1.48. The van der Waals surface area contributed by atoms with Crippen molar-refractivity contribution in [3.8, 4) is 0 Å². The van der Waals surface area contributed by atoms with Gasteiger partial charge in [0.05, 0.1) is 17.8 Å². The second kappa shape index (κ2) is 7.63. The minimum atomic E-state index is -4.69. The Morgan fingerprint density at radius 2 is 1.86 bits per heavy atom. The molecule has 2 heterocycles. The van der Waals surface area contributed by atoms with Gasteiger partial charge in [-0.2, -0.15) is 13.2 Å². The van der Waals surface area contributed by atoms with Crippen molar-refractivity contribution in [1.82, 2.24) is 10.1 Å². The molecule has 7 nitrogen and oxygen atoms in total. The highest BCUT2D eigenvalue weighted by molar-refractivity contribution is 6.04. The molecule has 10 heteroatoms. The molecule has 2 amide bonds. The topological polar surface area (TPSA) is 84.7 Å². The quantitative estimate of drug-likeness (QED) is 0.860. The average molecular weight is 397 g/mol. The number of anilines is 1. The second-order valence-electron chi connectivity index (χ2n) is 6.60. The first kappa shape index (κ1) is 19.9. The van der Waals surface area contributed by atoms with Crippen LogP contribution in [-0.4, -0.2) is 47.2 Å². The Labute approximate surface area is 158 Å². The van der Waals surface area contributed by atoms with Gasteiger partial charge in [0.25, 0.3) is 11.8 Å². The number of rotatable bonds is 3. The first-order valence-electron chi connectivity index (χ1n) is 8.52. The molecule has 0 saturated carbocycles. The van der Waals surface area contributed by atoms with Crippen LogP contribution in [0.25, 0.3) is 0 Å². The summed E-state index contributed by atoms with van der Waals surface area (Å²) in [5.74, 6) is -1.31. The molecule has 0 bridgehead atoms. The normalized spacial score (nSPS) is 20.1. The standard InChI is InChI=1S/C18H18F3N3O4/c1-10-8-24(9-11(2)28-10)17(26)12-5-13(18(19,20)21)7-14(6-12)22-16(25)15-3-4-27-23-15/h3-7,10-11H,8-9H2,1-2H3,(H,22,25)/t10-,11+. The summed E-state index contributed by atoms with van der Waals surface area (Å²) >= 11 is 0. The third kappa shape index (κ3) is 4.50. The maximum atomic E-state index is 13.3. The molecular weight excluding hydrogens is 379 g/mol. The Bertz CT molecular complexity index is 857. The monoisotopic (exact) mass is 397 g/mol. The number of hydrogen-bond acceptors (Lipinski definition) is 5. The van der Waals surface area contributed by atoms with Crippen molar-refractivity contribution in [2.24, 2.45) is 0 Å². The van der Waals surface area contributed by atoms with E-state index in [0.29, 0.717) is 0 Å². The molecule has 1 N–H and O–H groups in total. The Balaban J connectivity index is 1.91. The summed E-state index contributed by atoms with van der Waals surface area (Å²) < 4.78 is 50.0. The van der Waals surface area contributed by atoms with Crippen molar-refractivity contribution in [2.75, 3.05) is 18.4 Å². The Morgan fingerprint density at radius 3 is 2.43 bits per heavy atom. The smallest absolute Gasteiger partial charge is 0.372 e. The number of amides is 2. The van der Waals surface area contributed by atoms with Crippen molar-refractivity contribution in [3.63, 3.8) is 0 Å². The maximum Gasteiger partial charge on any atom is 0.416 e. The minimum absolute atomic E-state index is 0.0962. The van der Waals surface area contributed by atoms with Gasteiger partial charge in [-0.1, -0.05) is 5.16 Å². The number of nitrogens with zero attached hydrogens (tertiary/aromatic N) is 2. The lowest BCUT2D eigenvalue weighted by Crippen LogP contribution is -2.48. The molecule has 0 unspecified atom stereocenters. The molecule has 28 heavy (non-hydrogen) atoms. The second-order valence-corrected chi connectivity index (χ2v) is 6.60. The predicted molar refractivity (Wildman–Crippen MR) is 91.8 cm³/mol. The molecule has 1 aromatic carbocycles. The van der Waals surface area contributed by atoms with Gasteiger partial charge in [-0.15, -0.1) is 0 Å². The van der Waals surface area contributed by atoms with Crippen molar-refractivity contribution in [2.45, 2.75) is 32.2 Å². The fourth-order valence-corrected chi connectivity index (χ4v) is 3.04. The number of carbonyl (C=O) groups excluding carboxylic acids is 2. The van der Waals surface area contributed by atoms with Crippen molar-refractivity contribution >= 4 is 17.5 Å². The Hall–Kier alpha value is -2.88. The van der Waals surface area contributed by atoms with E-state index in [1.807, 2.05) is 0 Å². The summed E-state index contributed by atoms with van der Waals surface area (Å²) in [6.07, 6.45) is -3.99. The molecule has 1 saturated heterocycles. The van der Waals surface area contributed by atoms with Crippen LogP contribution in [0.4, 0.5) is 18.9 Å². The fourth-order valence-electron chi connectivity index (χ4n) is 3.04. The van der Waals surface area contributed by atoms with Crippen LogP contribution in [-0.2, 0) is 10.9 Å². The molecule has 0 spiro atoms. The van der Waals surface area contributed by atoms with E-state index in [0.717, 1.165) is 18.4 Å². The van der Waals surface area contributed by atoms with Gasteiger partial charge in [0, 0.05) is 30.4 Å².